The number of amides is 1. The van der Waals surface area contributed by atoms with Gasteiger partial charge in [0.05, 0.1) is 19.7 Å². The van der Waals surface area contributed by atoms with Crippen molar-refractivity contribution in [1.29, 1.82) is 0 Å². The molecule has 8 nitrogen and oxygen atoms in total. The van der Waals surface area contributed by atoms with Crippen LogP contribution in [0, 0.1) is 0 Å². The number of nitrogens with one attached hydrogen (secondary N) is 2. The van der Waals surface area contributed by atoms with E-state index >= 15 is 0 Å². The van der Waals surface area contributed by atoms with Crippen LogP contribution in [0.15, 0.2) is 42.5 Å². The molecule has 2 heterocycles. The maximum atomic E-state index is 11.8. The fourth-order valence-electron chi connectivity index (χ4n) is 3.86. The number of benzene rings is 2. The summed E-state index contributed by atoms with van der Waals surface area (Å²) in [5, 5.41) is 7.60. The van der Waals surface area contributed by atoms with Gasteiger partial charge in [0, 0.05) is 44.1 Å². The lowest BCUT2D eigenvalue weighted by molar-refractivity contribution is -0.127. The predicted molar refractivity (Wildman–Crippen MR) is 125 cm³/mol. The first-order chi connectivity index (χ1) is 15.7. The third-order valence-electron chi connectivity index (χ3n) is 5.56. The van der Waals surface area contributed by atoms with Gasteiger partial charge in [-0.3, -0.25) is 4.79 Å². The number of nitrogens with zero attached hydrogens (tertiary/aromatic N) is 3. The van der Waals surface area contributed by atoms with Gasteiger partial charge in [-0.05, 0) is 24.5 Å². The second-order valence-electron chi connectivity index (χ2n) is 7.72. The van der Waals surface area contributed by atoms with E-state index in [0.29, 0.717) is 37.0 Å². The summed E-state index contributed by atoms with van der Waals surface area (Å²) in [7, 11) is 3.22. The zero-order valence-electron chi connectivity index (χ0n) is 18.6. The minimum absolute atomic E-state index is 0.250. The van der Waals surface area contributed by atoms with Crippen LogP contribution in [0.25, 0.3) is 10.9 Å². The third-order valence-corrected chi connectivity index (χ3v) is 5.56. The summed E-state index contributed by atoms with van der Waals surface area (Å²) in [5.74, 6) is 2.75. The summed E-state index contributed by atoms with van der Waals surface area (Å²) in [6.07, 6.45) is 2.47. The standard InChI is InChI=1S/C24H29N5O3/c1-31-20-14-18-19(15-21(20)32-2)27-24(25-11-7-13-29-12-6-10-22(29)30)28-23(18)26-16-17-8-4-3-5-9-17/h3-5,8-9,14-15H,6-7,10-13,16H2,1-2H3,(H2,25,26,27,28). The molecule has 1 aliphatic heterocycles. The second-order valence-corrected chi connectivity index (χ2v) is 7.72. The lowest BCUT2D eigenvalue weighted by atomic mass is 10.2. The molecule has 1 fully saturated rings. The quantitative estimate of drug-likeness (QED) is 0.470. The van der Waals surface area contributed by atoms with Gasteiger partial charge in [-0.25, -0.2) is 4.98 Å². The van der Waals surface area contributed by atoms with Crippen LogP contribution in [-0.2, 0) is 11.3 Å². The Kier molecular flexibility index (Phi) is 6.89. The Morgan fingerprint density at radius 3 is 2.53 bits per heavy atom. The monoisotopic (exact) mass is 435 g/mol. The lowest BCUT2D eigenvalue weighted by Crippen LogP contribution is -2.27. The Balaban J connectivity index is 1.54. The van der Waals surface area contributed by atoms with Crippen molar-refractivity contribution in [3.8, 4) is 11.5 Å². The predicted octanol–water partition coefficient (Wildman–Crippen LogP) is 3.68. The van der Waals surface area contributed by atoms with Crippen LogP contribution in [0.1, 0.15) is 24.8 Å². The van der Waals surface area contributed by atoms with Crippen molar-refractivity contribution >= 4 is 28.6 Å². The highest BCUT2D eigenvalue weighted by molar-refractivity contribution is 5.92. The number of carbonyl (C=O) groups excluding carboxylic acids is 1. The van der Waals surface area contributed by atoms with Crippen LogP contribution in [0.3, 0.4) is 0 Å². The van der Waals surface area contributed by atoms with Crippen molar-refractivity contribution in [2.24, 2.45) is 0 Å². The van der Waals surface area contributed by atoms with E-state index in [9.17, 15) is 4.79 Å². The molecule has 2 N–H and O–H groups in total. The van der Waals surface area contributed by atoms with Gasteiger partial charge in [0.1, 0.15) is 5.82 Å². The van der Waals surface area contributed by atoms with E-state index in [-0.39, 0.29) is 5.91 Å². The fraction of sp³-hybridized carbons (Fsp3) is 0.375. The minimum Gasteiger partial charge on any atom is -0.493 e. The van der Waals surface area contributed by atoms with E-state index < -0.39 is 0 Å². The number of anilines is 2. The molecule has 168 valence electrons. The smallest absolute Gasteiger partial charge is 0.225 e. The maximum Gasteiger partial charge on any atom is 0.225 e. The molecular weight excluding hydrogens is 406 g/mol. The number of rotatable bonds is 10. The number of fused-ring (bicyclic) bond motifs is 1. The maximum absolute atomic E-state index is 11.8. The third kappa shape index (κ3) is 5.01. The molecule has 8 heteroatoms. The van der Waals surface area contributed by atoms with E-state index in [1.54, 1.807) is 14.2 Å². The summed E-state index contributed by atoms with van der Waals surface area (Å²) in [6.45, 7) is 2.93. The fourth-order valence-corrected chi connectivity index (χ4v) is 3.86. The van der Waals surface area contributed by atoms with Crippen molar-refractivity contribution < 1.29 is 14.3 Å². The highest BCUT2D eigenvalue weighted by Crippen LogP contribution is 2.34. The van der Waals surface area contributed by atoms with Crippen LogP contribution < -0.4 is 20.1 Å². The van der Waals surface area contributed by atoms with Gasteiger partial charge >= 0.3 is 0 Å². The molecule has 4 rings (SSSR count). The van der Waals surface area contributed by atoms with E-state index in [1.807, 2.05) is 35.2 Å². The van der Waals surface area contributed by atoms with Gasteiger partial charge in [-0.1, -0.05) is 30.3 Å². The van der Waals surface area contributed by atoms with Gasteiger partial charge < -0.3 is 25.0 Å². The van der Waals surface area contributed by atoms with E-state index in [2.05, 4.69) is 27.8 Å². The van der Waals surface area contributed by atoms with Gasteiger partial charge in [-0.15, -0.1) is 0 Å². The number of carbonyl (C=O) groups is 1. The highest BCUT2D eigenvalue weighted by Gasteiger charge is 2.19. The molecule has 0 unspecified atom stereocenters. The van der Waals surface area contributed by atoms with Crippen molar-refractivity contribution in [1.82, 2.24) is 14.9 Å². The molecule has 3 aromatic rings. The van der Waals surface area contributed by atoms with Crippen molar-refractivity contribution in [3.63, 3.8) is 0 Å². The first kappa shape index (κ1) is 21.7. The molecule has 1 aromatic heterocycles. The van der Waals surface area contributed by atoms with Gasteiger partial charge in [0.25, 0.3) is 0 Å². The van der Waals surface area contributed by atoms with Crippen molar-refractivity contribution in [2.45, 2.75) is 25.8 Å². The molecule has 2 aromatic carbocycles. The molecule has 1 aliphatic rings. The zero-order valence-corrected chi connectivity index (χ0v) is 18.6. The van der Waals surface area contributed by atoms with E-state index in [0.717, 1.165) is 48.2 Å². The topological polar surface area (TPSA) is 88.6 Å². The van der Waals surface area contributed by atoms with Crippen molar-refractivity contribution in [3.05, 3.63) is 48.0 Å². The molecule has 0 aliphatic carbocycles. The van der Waals surface area contributed by atoms with E-state index in [4.69, 9.17) is 14.5 Å². The Bertz CT molecular complexity index is 1070. The number of ether oxygens (including phenoxy) is 2. The molecular formula is C24H29N5O3. The molecule has 0 atom stereocenters. The summed E-state index contributed by atoms with van der Waals surface area (Å²) in [5.41, 5.74) is 1.91. The summed E-state index contributed by atoms with van der Waals surface area (Å²) < 4.78 is 10.9. The summed E-state index contributed by atoms with van der Waals surface area (Å²) in [6, 6.07) is 13.9. The molecule has 0 saturated carbocycles. The van der Waals surface area contributed by atoms with Crippen LogP contribution in [0.5, 0.6) is 11.5 Å². The Morgan fingerprint density at radius 2 is 1.81 bits per heavy atom. The Morgan fingerprint density at radius 1 is 1.03 bits per heavy atom. The van der Waals surface area contributed by atoms with E-state index in [1.165, 1.54) is 0 Å². The Labute approximate surface area is 188 Å². The minimum atomic E-state index is 0.250. The molecule has 32 heavy (non-hydrogen) atoms. The van der Waals surface area contributed by atoms with Gasteiger partial charge in [0.15, 0.2) is 11.5 Å². The van der Waals surface area contributed by atoms with Crippen LogP contribution in [0.2, 0.25) is 0 Å². The Hall–Kier alpha value is -3.55. The SMILES string of the molecule is COc1cc2nc(NCCCN3CCCC3=O)nc(NCc3ccccc3)c2cc1OC. The zero-order chi connectivity index (χ0) is 22.3. The number of likely N-dealkylation sites (tertiary alicyclic amines) is 1. The summed E-state index contributed by atoms with van der Waals surface area (Å²) in [4.78, 5) is 23.1. The van der Waals surface area contributed by atoms with Crippen LogP contribution >= 0.6 is 0 Å². The average molecular weight is 436 g/mol. The number of hydrogen-bond acceptors (Lipinski definition) is 7. The first-order valence-electron chi connectivity index (χ1n) is 10.9. The van der Waals surface area contributed by atoms with Crippen LogP contribution in [0.4, 0.5) is 11.8 Å². The normalized spacial score (nSPS) is 13.4. The molecule has 0 bridgehead atoms. The number of hydrogen-bond donors (Lipinski definition) is 2. The molecule has 1 amide bonds. The highest BCUT2D eigenvalue weighted by atomic mass is 16.5. The van der Waals surface area contributed by atoms with Gasteiger partial charge in [0.2, 0.25) is 11.9 Å². The van der Waals surface area contributed by atoms with Gasteiger partial charge in [-0.2, -0.15) is 4.98 Å². The molecule has 1 saturated heterocycles. The first-order valence-corrected chi connectivity index (χ1v) is 10.9. The second kappa shape index (κ2) is 10.2. The lowest BCUT2D eigenvalue weighted by Gasteiger charge is -2.16. The number of aromatic nitrogens is 2. The van der Waals surface area contributed by atoms with Crippen LogP contribution in [-0.4, -0.2) is 54.6 Å². The molecule has 0 radical (unpaired) electrons. The largest absolute Gasteiger partial charge is 0.493 e. The average Bonchev–Trinajstić information content (AvgIpc) is 3.24. The number of methoxy groups -OCH3 is 2. The molecule has 0 spiro atoms. The van der Waals surface area contributed by atoms with Crippen molar-refractivity contribution in [2.75, 3.05) is 44.5 Å². The summed E-state index contributed by atoms with van der Waals surface area (Å²) >= 11 is 0.